The van der Waals surface area contributed by atoms with Crippen LogP contribution in [0.2, 0.25) is 0 Å². The largest absolute Gasteiger partial charge is 0.345 e. The number of hydrogen-bond acceptors (Lipinski definition) is 3. The molecule has 1 saturated carbocycles. The maximum atomic E-state index is 13.3. The zero-order valence-electron chi connectivity index (χ0n) is 14.9. The molecule has 25 heavy (non-hydrogen) atoms. The van der Waals surface area contributed by atoms with Crippen molar-refractivity contribution in [3.05, 3.63) is 42.2 Å². The summed E-state index contributed by atoms with van der Waals surface area (Å²) < 4.78 is 0. The molecule has 1 aromatic carbocycles. The van der Waals surface area contributed by atoms with Crippen LogP contribution < -0.4 is 0 Å². The third kappa shape index (κ3) is 2.97. The molecule has 2 aromatic rings. The summed E-state index contributed by atoms with van der Waals surface area (Å²) in [4.78, 5) is 25.3. The van der Waals surface area contributed by atoms with Crippen molar-refractivity contribution in [1.82, 2.24) is 19.8 Å². The number of nitrogens with zero attached hydrogens (tertiary/aromatic N) is 3. The molecule has 2 fully saturated rings. The van der Waals surface area contributed by atoms with Crippen LogP contribution >= 0.6 is 0 Å². The maximum Gasteiger partial charge on any atom is 0.254 e. The Balaban J connectivity index is 1.61. The number of aromatic nitrogens is 2. The van der Waals surface area contributed by atoms with E-state index in [9.17, 15) is 4.79 Å². The van der Waals surface area contributed by atoms with Crippen LogP contribution in [0.4, 0.5) is 0 Å². The number of piperazine rings is 1. The number of likely N-dealkylation sites (N-methyl/N-ethyl adjacent to an activating group) is 1. The van der Waals surface area contributed by atoms with Crippen molar-refractivity contribution in [3.8, 4) is 11.4 Å². The first-order valence-corrected chi connectivity index (χ1v) is 9.29. The fourth-order valence-electron chi connectivity index (χ4n) is 4.45. The van der Waals surface area contributed by atoms with E-state index in [0.29, 0.717) is 0 Å². The van der Waals surface area contributed by atoms with Crippen LogP contribution in [0.15, 0.2) is 36.7 Å². The van der Waals surface area contributed by atoms with Gasteiger partial charge in [0, 0.05) is 43.1 Å². The number of nitrogens with one attached hydrogen (secondary N) is 1. The first kappa shape index (κ1) is 16.3. The topological polar surface area (TPSA) is 52.2 Å². The Kier molecular flexibility index (Phi) is 4.34. The highest BCUT2D eigenvalue weighted by Gasteiger charge is 2.42. The summed E-state index contributed by atoms with van der Waals surface area (Å²) in [6, 6.07) is 7.79. The number of hydrogen-bond donors (Lipinski definition) is 1. The number of amides is 1. The maximum absolute atomic E-state index is 13.3. The Morgan fingerprint density at radius 3 is 2.72 bits per heavy atom. The molecule has 0 bridgehead atoms. The van der Waals surface area contributed by atoms with Gasteiger partial charge < -0.3 is 9.88 Å². The summed E-state index contributed by atoms with van der Waals surface area (Å²) in [6.07, 6.45) is 9.79. The van der Waals surface area contributed by atoms with Crippen LogP contribution in [0.25, 0.3) is 11.4 Å². The molecule has 0 unspecified atom stereocenters. The number of imidazole rings is 1. The van der Waals surface area contributed by atoms with Crippen molar-refractivity contribution >= 4 is 5.91 Å². The van der Waals surface area contributed by atoms with Crippen molar-refractivity contribution in [3.63, 3.8) is 0 Å². The molecule has 1 saturated heterocycles. The van der Waals surface area contributed by atoms with Gasteiger partial charge in [0.2, 0.25) is 0 Å². The van der Waals surface area contributed by atoms with E-state index in [1.54, 1.807) is 12.4 Å². The van der Waals surface area contributed by atoms with Gasteiger partial charge in [-0.3, -0.25) is 9.69 Å². The predicted molar refractivity (Wildman–Crippen MR) is 98.4 cm³/mol. The molecular formula is C20H26N4O. The Labute approximate surface area is 149 Å². The second-order valence-electron chi connectivity index (χ2n) is 7.42. The molecule has 0 radical (unpaired) electrons. The van der Waals surface area contributed by atoms with E-state index in [0.717, 1.165) is 36.6 Å². The molecule has 1 aliphatic heterocycles. The summed E-state index contributed by atoms with van der Waals surface area (Å²) in [7, 11) is 2.23. The van der Waals surface area contributed by atoms with Crippen molar-refractivity contribution < 1.29 is 4.79 Å². The van der Waals surface area contributed by atoms with Gasteiger partial charge in [0.15, 0.2) is 0 Å². The van der Waals surface area contributed by atoms with Gasteiger partial charge in [0.25, 0.3) is 5.91 Å². The highest BCUT2D eigenvalue weighted by Crippen LogP contribution is 2.36. The van der Waals surface area contributed by atoms with Gasteiger partial charge in [-0.15, -0.1) is 0 Å². The Bertz CT molecular complexity index is 734. The lowest BCUT2D eigenvalue weighted by molar-refractivity contribution is -0.00469. The summed E-state index contributed by atoms with van der Waals surface area (Å²) in [5.41, 5.74) is 1.80. The average Bonchev–Trinajstić information content (AvgIpc) is 3.19. The van der Waals surface area contributed by atoms with Crippen LogP contribution in [-0.4, -0.2) is 57.9 Å². The molecule has 5 heteroatoms. The van der Waals surface area contributed by atoms with Crippen LogP contribution in [0.1, 0.15) is 42.5 Å². The second-order valence-corrected chi connectivity index (χ2v) is 7.42. The molecule has 1 amide bonds. The highest BCUT2D eigenvalue weighted by molar-refractivity contribution is 6.00. The molecule has 1 N–H and O–H groups in total. The molecule has 1 aliphatic carbocycles. The van der Waals surface area contributed by atoms with Crippen LogP contribution in [-0.2, 0) is 0 Å². The molecule has 4 rings (SSSR count). The van der Waals surface area contributed by atoms with E-state index >= 15 is 0 Å². The molecule has 1 spiro atoms. The minimum Gasteiger partial charge on any atom is -0.345 e. The highest BCUT2D eigenvalue weighted by atomic mass is 16.2. The fraction of sp³-hybridized carbons (Fsp3) is 0.500. The van der Waals surface area contributed by atoms with Gasteiger partial charge in [0.1, 0.15) is 5.82 Å². The van der Waals surface area contributed by atoms with E-state index in [1.807, 2.05) is 24.3 Å². The normalized spacial score (nSPS) is 20.8. The van der Waals surface area contributed by atoms with E-state index in [1.165, 1.54) is 32.1 Å². The van der Waals surface area contributed by atoms with Crippen LogP contribution in [0, 0.1) is 0 Å². The Hall–Kier alpha value is -2.14. The van der Waals surface area contributed by atoms with Crippen molar-refractivity contribution in [2.24, 2.45) is 0 Å². The standard InChI is InChI=1S/C20H26N4O/c1-23-13-14-24(15-20(23)9-5-2-6-10-20)19(25)17-8-4-3-7-16(17)18-21-11-12-22-18/h3-4,7-8,11-12H,2,5-6,9-10,13-15H2,1H3,(H,21,22). The number of aromatic amines is 1. The molecule has 0 atom stereocenters. The quantitative estimate of drug-likeness (QED) is 0.915. The lowest BCUT2D eigenvalue weighted by atomic mass is 9.78. The van der Waals surface area contributed by atoms with E-state index < -0.39 is 0 Å². The number of H-pyrrole nitrogens is 1. The number of carbonyl (C=O) groups is 1. The molecular weight excluding hydrogens is 312 g/mol. The van der Waals surface area contributed by atoms with Crippen molar-refractivity contribution in [1.29, 1.82) is 0 Å². The summed E-state index contributed by atoms with van der Waals surface area (Å²) in [5, 5.41) is 0. The zero-order chi connectivity index (χ0) is 17.3. The first-order chi connectivity index (χ1) is 12.2. The molecule has 132 valence electrons. The van der Waals surface area contributed by atoms with Gasteiger partial charge in [-0.05, 0) is 26.0 Å². The van der Waals surface area contributed by atoms with Crippen LogP contribution in [0.3, 0.4) is 0 Å². The fourth-order valence-corrected chi connectivity index (χ4v) is 4.45. The van der Waals surface area contributed by atoms with E-state index in [4.69, 9.17) is 0 Å². The van der Waals surface area contributed by atoms with Gasteiger partial charge in [0.05, 0.1) is 5.56 Å². The SMILES string of the molecule is CN1CCN(C(=O)c2ccccc2-c2ncc[nH]2)CC12CCCCC2. The van der Waals surface area contributed by atoms with Gasteiger partial charge in [-0.25, -0.2) is 4.98 Å². The lowest BCUT2D eigenvalue weighted by Gasteiger charge is -2.51. The summed E-state index contributed by atoms with van der Waals surface area (Å²) in [6.45, 7) is 2.59. The molecule has 1 aromatic heterocycles. The second kappa shape index (κ2) is 6.64. The van der Waals surface area contributed by atoms with E-state index in [-0.39, 0.29) is 11.4 Å². The Morgan fingerprint density at radius 2 is 1.96 bits per heavy atom. The molecule has 2 aliphatic rings. The third-order valence-electron chi connectivity index (χ3n) is 5.98. The van der Waals surface area contributed by atoms with Crippen molar-refractivity contribution in [2.45, 2.75) is 37.6 Å². The lowest BCUT2D eigenvalue weighted by Crippen LogP contribution is -2.62. The first-order valence-electron chi connectivity index (χ1n) is 9.29. The molecule has 2 heterocycles. The predicted octanol–water partition coefficient (Wildman–Crippen LogP) is 3.17. The Morgan fingerprint density at radius 1 is 1.16 bits per heavy atom. The summed E-state index contributed by atoms with van der Waals surface area (Å²) in [5.74, 6) is 0.885. The van der Waals surface area contributed by atoms with Gasteiger partial charge in [-0.2, -0.15) is 0 Å². The van der Waals surface area contributed by atoms with Gasteiger partial charge >= 0.3 is 0 Å². The number of carbonyl (C=O) groups excluding carboxylic acids is 1. The number of benzene rings is 1. The van der Waals surface area contributed by atoms with Crippen molar-refractivity contribution in [2.75, 3.05) is 26.7 Å². The monoisotopic (exact) mass is 338 g/mol. The smallest absolute Gasteiger partial charge is 0.254 e. The number of rotatable bonds is 2. The average molecular weight is 338 g/mol. The minimum absolute atomic E-state index is 0.130. The van der Waals surface area contributed by atoms with E-state index in [2.05, 4.69) is 26.8 Å². The summed E-state index contributed by atoms with van der Waals surface area (Å²) >= 11 is 0. The van der Waals surface area contributed by atoms with Crippen LogP contribution in [0.5, 0.6) is 0 Å². The zero-order valence-corrected chi connectivity index (χ0v) is 14.9. The van der Waals surface area contributed by atoms with Gasteiger partial charge in [-0.1, -0.05) is 37.5 Å². The molecule has 5 nitrogen and oxygen atoms in total. The minimum atomic E-state index is 0.130. The third-order valence-corrected chi connectivity index (χ3v) is 5.98.